The number of carbonyl (C=O) groups is 3. The average molecular weight is 324 g/mol. The summed E-state index contributed by atoms with van der Waals surface area (Å²) < 4.78 is 0. The van der Waals surface area contributed by atoms with Crippen molar-refractivity contribution in [1.82, 2.24) is 10.6 Å². The topological polar surface area (TPSA) is 95.5 Å². The predicted molar refractivity (Wildman–Crippen MR) is 85.7 cm³/mol. The summed E-state index contributed by atoms with van der Waals surface area (Å²) in [7, 11) is 0. The minimum Gasteiger partial charge on any atom is -0.480 e. The molecule has 0 radical (unpaired) electrons. The highest BCUT2D eigenvalue weighted by molar-refractivity contribution is 7.98. The number of rotatable bonds is 10. The molecule has 0 aliphatic carbocycles. The van der Waals surface area contributed by atoms with Gasteiger partial charge in [0.2, 0.25) is 12.3 Å². The summed E-state index contributed by atoms with van der Waals surface area (Å²) >= 11 is 1.51. The maximum Gasteiger partial charge on any atom is 0.326 e. The zero-order valence-corrected chi connectivity index (χ0v) is 13.1. The minimum absolute atomic E-state index is 0.306. The minimum atomic E-state index is -1.08. The van der Waals surface area contributed by atoms with Crippen LogP contribution in [-0.2, 0) is 20.8 Å². The molecule has 7 heteroatoms. The molecule has 2 unspecified atom stereocenters. The lowest BCUT2D eigenvalue weighted by atomic mass is 10.0. The molecule has 1 aromatic carbocycles. The number of hydrogen-bond donors (Lipinski definition) is 3. The Kier molecular flexibility index (Phi) is 8.06. The van der Waals surface area contributed by atoms with Gasteiger partial charge >= 0.3 is 5.97 Å². The first-order valence-corrected chi connectivity index (χ1v) is 8.23. The van der Waals surface area contributed by atoms with Crippen LogP contribution in [0.5, 0.6) is 0 Å². The Morgan fingerprint density at radius 3 is 2.50 bits per heavy atom. The quantitative estimate of drug-likeness (QED) is 0.550. The molecule has 0 aromatic heterocycles. The van der Waals surface area contributed by atoms with E-state index in [1.54, 1.807) is 0 Å². The fraction of sp³-hybridized carbons (Fsp3) is 0.400. The largest absolute Gasteiger partial charge is 0.480 e. The van der Waals surface area contributed by atoms with Crippen molar-refractivity contribution in [3.8, 4) is 0 Å². The molecular formula is C15H20N2O4S. The maximum atomic E-state index is 12.2. The Bertz CT molecular complexity index is 496. The summed E-state index contributed by atoms with van der Waals surface area (Å²) in [6.45, 7) is 0. The van der Waals surface area contributed by atoms with Crippen LogP contribution in [-0.4, -0.2) is 47.5 Å². The Morgan fingerprint density at radius 1 is 1.27 bits per heavy atom. The SMILES string of the molecule is CSCCC(NC(=O)C(Cc1ccccc1)NC=O)C(=O)O. The van der Waals surface area contributed by atoms with Crippen molar-refractivity contribution in [2.45, 2.75) is 24.9 Å². The van der Waals surface area contributed by atoms with Gasteiger partial charge in [-0.15, -0.1) is 0 Å². The van der Waals surface area contributed by atoms with Crippen molar-refractivity contribution in [1.29, 1.82) is 0 Å². The Morgan fingerprint density at radius 2 is 1.95 bits per heavy atom. The van der Waals surface area contributed by atoms with Gasteiger partial charge in [-0.1, -0.05) is 30.3 Å². The number of thioether (sulfide) groups is 1. The summed E-state index contributed by atoms with van der Waals surface area (Å²) in [5.74, 6) is -0.946. The molecule has 0 spiro atoms. The van der Waals surface area contributed by atoms with Gasteiger partial charge in [-0.3, -0.25) is 9.59 Å². The van der Waals surface area contributed by atoms with Crippen LogP contribution < -0.4 is 10.6 Å². The second-order valence-electron chi connectivity index (χ2n) is 4.71. The zero-order valence-electron chi connectivity index (χ0n) is 12.3. The average Bonchev–Trinajstić information content (AvgIpc) is 2.51. The third kappa shape index (κ3) is 6.17. The van der Waals surface area contributed by atoms with Crippen LogP contribution in [0.2, 0.25) is 0 Å². The zero-order chi connectivity index (χ0) is 16.4. The number of benzene rings is 1. The first-order chi connectivity index (χ1) is 10.6. The van der Waals surface area contributed by atoms with Crippen LogP contribution >= 0.6 is 11.8 Å². The van der Waals surface area contributed by atoms with Crippen molar-refractivity contribution >= 4 is 30.0 Å². The maximum absolute atomic E-state index is 12.2. The summed E-state index contributed by atoms with van der Waals surface area (Å²) in [5, 5.41) is 14.1. The number of amides is 2. The summed E-state index contributed by atoms with van der Waals surface area (Å²) in [4.78, 5) is 34.1. The number of carboxylic acids is 1. The molecule has 120 valence electrons. The molecule has 0 saturated carbocycles. The summed E-state index contributed by atoms with van der Waals surface area (Å²) in [5.41, 5.74) is 0.882. The molecule has 22 heavy (non-hydrogen) atoms. The highest BCUT2D eigenvalue weighted by Crippen LogP contribution is 2.05. The van der Waals surface area contributed by atoms with Gasteiger partial charge in [0.05, 0.1) is 0 Å². The molecule has 2 amide bonds. The van der Waals surface area contributed by atoms with E-state index in [1.165, 1.54) is 11.8 Å². The fourth-order valence-electron chi connectivity index (χ4n) is 1.92. The van der Waals surface area contributed by atoms with E-state index in [0.717, 1.165) is 5.56 Å². The summed E-state index contributed by atoms with van der Waals surface area (Å²) in [6, 6.07) is 7.47. The third-order valence-corrected chi connectivity index (χ3v) is 3.74. The molecule has 0 fully saturated rings. The van der Waals surface area contributed by atoms with Crippen LogP contribution in [0.3, 0.4) is 0 Å². The molecule has 2 atom stereocenters. The highest BCUT2D eigenvalue weighted by Gasteiger charge is 2.24. The highest BCUT2D eigenvalue weighted by atomic mass is 32.2. The standard InChI is InChI=1S/C15H20N2O4S/c1-22-8-7-12(15(20)21)17-14(19)13(16-10-18)9-11-5-3-2-4-6-11/h2-6,10,12-13H,7-9H2,1H3,(H,16,18)(H,17,19)(H,20,21). The number of aliphatic carboxylic acids is 1. The monoisotopic (exact) mass is 324 g/mol. The fourth-order valence-corrected chi connectivity index (χ4v) is 2.40. The van der Waals surface area contributed by atoms with Gasteiger partial charge in [0.15, 0.2) is 0 Å². The Labute approximate surface area is 133 Å². The number of nitrogens with one attached hydrogen (secondary N) is 2. The molecule has 1 aromatic rings. The van der Waals surface area contributed by atoms with Gasteiger partial charge in [-0.25, -0.2) is 4.79 Å². The Hall–Kier alpha value is -2.02. The third-order valence-electron chi connectivity index (χ3n) is 3.09. The van der Waals surface area contributed by atoms with Crippen LogP contribution in [0, 0.1) is 0 Å². The van der Waals surface area contributed by atoms with Gasteiger partial charge in [-0.2, -0.15) is 11.8 Å². The first kappa shape index (κ1) is 18.0. The molecule has 0 aliphatic heterocycles. The molecule has 6 nitrogen and oxygen atoms in total. The van der Waals surface area contributed by atoms with Crippen molar-refractivity contribution < 1.29 is 19.5 Å². The number of carbonyl (C=O) groups excluding carboxylic acids is 2. The van der Waals surface area contributed by atoms with E-state index in [9.17, 15) is 14.4 Å². The van der Waals surface area contributed by atoms with E-state index in [2.05, 4.69) is 10.6 Å². The van der Waals surface area contributed by atoms with Crippen molar-refractivity contribution in [3.63, 3.8) is 0 Å². The molecular weight excluding hydrogens is 304 g/mol. The van der Waals surface area contributed by atoms with Gasteiger partial charge in [-0.05, 0) is 24.0 Å². The first-order valence-electron chi connectivity index (χ1n) is 6.84. The molecule has 1 rings (SSSR count). The van der Waals surface area contributed by atoms with Gasteiger partial charge in [0.1, 0.15) is 12.1 Å². The normalized spacial score (nSPS) is 13.0. The van der Waals surface area contributed by atoms with Crippen LogP contribution in [0.15, 0.2) is 30.3 Å². The molecule has 0 aliphatic rings. The van der Waals surface area contributed by atoms with E-state index in [0.29, 0.717) is 25.0 Å². The second-order valence-corrected chi connectivity index (χ2v) is 5.69. The van der Waals surface area contributed by atoms with E-state index in [-0.39, 0.29) is 0 Å². The van der Waals surface area contributed by atoms with Crippen molar-refractivity contribution in [2.75, 3.05) is 12.0 Å². The smallest absolute Gasteiger partial charge is 0.326 e. The van der Waals surface area contributed by atoms with E-state index in [4.69, 9.17) is 5.11 Å². The molecule has 0 heterocycles. The van der Waals surface area contributed by atoms with E-state index in [1.807, 2.05) is 36.6 Å². The molecule has 0 bridgehead atoms. The van der Waals surface area contributed by atoms with E-state index >= 15 is 0 Å². The van der Waals surface area contributed by atoms with Crippen molar-refractivity contribution in [3.05, 3.63) is 35.9 Å². The Balaban J connectivity index is 2.70. The lowest BCUT2D eigenvalue weighted by molar-refractivity contribution is -0.142. The van der Waals surface area contributed by atoms with Crippen molar-refractivity contribution in [2.24, 2.45) is 0 Å². The lowest BCUT2D eigenvalue weighted by Crippen LogP contribution is -2.51. The lowest BCUT2D eigenvalue weighted by Gasteiger charge is -2.20. The number of hydrogen-bond acceptors (Lipinski definition) is 4. The van der Waals surface area contributed by atoms with Crippen LogP contribution in [0.4, 0.5) is 0 Å². The van der Waals surface area contributed by atoms with Crippen LogP contribution in [0.25, 0.3) is 0 Å². The molecule has 0 saturated heterocycles. The summed E-state index contributed by atoms with van der Waals surface area (Å²) in [6.07, 6.45) is 2.96. The van der Waals surface area contributed by atoms with Crippen LogP contribution in [0.1, 0.15) is 12.0 Å². The van der Waals surface area contributed by atoms with E-state index < -0.39 is 24.0 Å². The predicted octanol–water partition coefficient (Wildman–Crippen LogP) is 0.666. The van der Waals surface area contributed by atoms with Gasteiger partial charge in [0.25, 0.3) is 0 Å². The molecule has 3 N–H and O–H groups in total. The van der Waals surface area contributed by atoms with Gasteiger partial charge in [0, 0.05) is 6.42 Å². The second kappa shape index (κ2) is 9.83. The number of carboxylic acid groups (broad SMARTS) is 1. The van der Waals surface area contributed by atoms with Gasteiger partial charge < -0.3 is 15.7 Å².